The van der Waals surface area contributed by atoms with Crippen molar-refractivity contribution in [3.8, 4) is 10.6 Å². The number of benzene rings is 3. The van der Waals surface area contributed by atoms with Gasteiger partial charge in [-0.05, 0) is 73.9 Å². The van der Waals surface area contributed by atoms with Crippen LogP contribution in [0.15, 0.2) is 84.6 Å². The van der Waals surface area contributed by atoms with Crippen LogP contribution in [0.4, 0.5) is 5.69 Å². The van der Waals surface area contributed by atoms with Crippen LogP contribution in [-0.2, 0) is 23.7 Å². The number of thiazole rings is 1. The van der Waals surface area contributed by atoms with Gasteiger partial charge in [0.25, 0.3) is 5.91 Å². The van der Waals surface area contributed by atoms with Crippen LogP contribution in [-0.4, -0.2) is 61.9 Å². The second kappa shape index (κ2) is 15.2. The number of aryl methyl sites for hydroxylation is 1. The van der Waals surface area contributed by atoms with Crippen LogP contribution >= 0.6 is 11.3 Å². The number of hydrogen-bond donors (Lipinski definition) is 2. The minimum atomic E-state index is -0.611. The zero-order valence-electron chi connectivity index (χ0n) is 24.5. The molecule has 5 rings (SSSR count). The maximum Gasteiger partial charge on any atom is 0.290 e. The molecule has 1 aromatic heterocycles. The van der Waals surface area contributed by atoms with Crippen molar-refractivity contribution in [1.82, 2.24) is 4.98 Å². The number of aromatic nitrogens is 1. The zero-order chi connectivity index (χ0) is 30.0. The fraction of sp³-hybridized carbons (Fsp3) is 0.353. The predicted octanol–water partition coefficient (Wildman–Crippen LogP) is 6.30. The first-order chi connectivity index (χ1) is 21.1. The Hall–Kier alpha value is -3.60. The van der Waals surface area contributed by atoms with Crippen molar-refractivity contribution in [1.29, 1.82) is 0 Å². The number of carbonyl (C=O) groups excluding carboxylic acids is 1. The summed E-state index contributed by atoms with van der Waals surface area (Å²) in [5.74, 6) is -0.266. The third-order valence-electron chi connectivity index (χ3n) is 7.26. The molecular formula is C34H38N2O6S. The van der Waals surface area contributed by atoms with E-state index < -0.39 is 6.29 Å². The zero-order valence-corrected chi connectivity index (χ0v) is 25.3. The summed E-state index contributed by atoms with van der Waals surface area (Å²) in [6.07, 6.45) is 1.95. The third kappa shape index (κ3) is 8.07. The van der Waals surface area contributed by atoms with Crippen LogP contribution in [0.1, 0.15) is 30.4 Å². The molecule has 8 nitrogen and oxygen atoms in total. The second-order valence-corrected chi connectivity index (χ2v) is 11.4. The Labute approximate surface area is 256 Å². The Kier molecular flexibility index (Phi) is 10.9. The van der Waals surface area contributed by atoms with Crippen LogP contribution in [0, 0.1) is 12.8 Å². The lowest BCUT2D eigenvalue weighted by molar-refractivity contribution is -0.166. The van der Waals surface area contributed by atoms with E-state index in [-0.39, 0.29) is 30.1 Å². The first kappa shape index (κ1) is 30.8. The number of ether oxygens (including phenoxy) is 4. The molecule has 2 N–H and O–H groups in total. The number of allylic oxidation sites excluding steroid dienone is 1. The number of anilines is 1. The van der Waals surface area contributed by atoms with Crippen LogP contribution in [0.5, 0.6) is 0 Å². The van der Waals surface area contributed by atoms with E-state index in [1.165, 1.54) is 5.56 Å². The summed E-state index contributed by atoms with van der Waals surface area (Å²) in [5.41, 5.74) is 4.93. The number of fused-ring (bicyclic) bond motifs is 1. The molecule has 1 aliphatic heterocycles. The van der Waals surface area contributed by atoms with Gasteiger partial charge in [0.2, 0.25) is 6.29 Å². The minimum Gasteiger partial charge on any atom is -0.459 e. The molecule has 0 unspecified atom stereocenters. The summed E-state index contributed by atoms with van der Waals surface area (Å²) in [5, 5.41) is 12.8. The molecule has 0 spiro atoms. The number of amides is 1. The fourth-order valence-electron chi connectivity index (χ4n) is 5.14. The van der Waals surface area contributed by atoms with Gasteiger partial charge in [-0.3, -0.25) is 4.79 Å². The van der Waals surface area contributed by atoms with Crippen molar-refractivity contribution in [3.05, 3.63) is 95.8 Å². The van der Waals surface area contributed by atoms with Gasteiger partial charge in [-0.1, -0.05) is 36.4 Å². The van der Waals surface area contributed by atoms with E-state index in [9.17, 15) is 4.79 Å². The molecule has 3 atom stereocenters. The summed E-state index contributed by atoms with van der Waals surface area (Å²) in [6.45, 7) is 6.07. The summed E-state index contributed by atoms with van der Waals surface area (Å²) >= 11 is 1.66. The summed E-state index contributed by atoms with van der Waals surface area (Å²) in [4.78, 5) is 18.2. The van der Waals surface area contributed by atoms with Crippen molar-refractivity contribution in [2.45, 2.75) is 32.5 Å². The first-order valence-electron chi connectivity index (χ1n) is 14.7. The molecule has 3 aromatic carbocycles. The Morgan fingerprint density at radius 2 is 1.77 bits per heavy atom. The number of carbonyl (C=O) groups is 1. The van der Waals surface area contributed by atoms with Crippen molar-refractivity contribution in [3.63, 3.8) is 0 Å². The van der Waals surface area contributed by atoms with Gasteiger partial charge in [0.05, 0.1) is 36.6 Å². The van der Waals surface area contributed by atoms with E-state index >= 15 is 0 Å². The van der Waals surface area contributed by atoms with Gasteiger partial charge in [0.15, 0.2) is 5.76 Å². The number of aliphatic hydroxyl groups is 1. The fourth-order valence-corrected chi connectivity index (χ4v) is 6.21. The molecule has 0 saturated carbocycles. The Balaban J connectivity index is 1.29. The molecule has 1 aliphatic rings. The molecular weight excluding hydrogens is 564 g/mol. The third-order valence-corrected chi connectivity index (χ3v) is 8.33. The molecule has 43 heavy (non-hydrogen) atoms. The molecule has 226 valence electrons. The number of nitrogens with zero attached hydrogens (tertiary/aromatic N) is 1. The van der Waals surface area contributed by atoms with E-state index in [0.717, 1.165) is 26.4 Å². The van der Waals surface area contributed by atoms with Gasteiger partial charge in [0.1, 0.15) is 5.01 Å². The predicted molar refractivity (Wildman–Crippen MR) is 169 cm³/mol. The van der Waals surface area contributed by atoms with Crippen molar-refractivity contribution >= 4 is 33.1 Å². The van der Waals surface area contributed by atoms with Crippen molar-refractivity contribution < 1.29 is 28.8 Å². The quantitative estimate of drug-likeness (QED) is 0.163. The molecule has 0 aliphatic carbocycles. The molecule has 4 aromatic rings. The molecule has 0 radical (unpaired) electrons. The molecule has 0 fully saturated rings. The van der Waals surface area contributed by atoms with E-state index in [2.05, 4.69) is 36.5 Å². The van der Waals surface area contributed by atoms with Gasteiger partial charge in [-0.2, -0.15) is 0 Å². The average molecular weight is 603 g/mol. The highest BCUT2D eigenvalue weighted by atomic mass is 32.1. The van der Waals surface area contributed by atoms with E-state index in [4.69, 9.17) is 29.0 Å². The van der Waals surface area contributed by atoms with E-state index in [1.807, 2.05) is 61.5 Å². The highest BCUT2D eigenvalue weighted by molar-refractivity contribution is 7.21. The number of nitrogens with one attached hydrogen (secondary N) is 1. The van der Waals surface area contributed by atoms with Crippen molar-refractivity contribution in [2.24, 2.45) is 5.92 Å². The maximum atomic E-state index is 13.5. The summed E-state index contributed by atoms with van der Waals surface area (Å²) in [6, 6.07) is 24.0. The SMILES string of the molecule is CCO[C@@H]1OC(C(=O)Nc2ccc(-c3nc4ccc(C)cc4s3)cc2)=C[C@H](c2ccccc2)[C@H]1CCOCCOCCO. The summed E-state index contributed by atoms with van der Waals surface area (Å²) < 4.78 is 24.4. The van der Waals surface area contributed by atoms with Crippen molar-refractivity contribution in [2.75, 3.05) is 45.0 Å². The first-order valence-corrected chi connectivity index (χ1v) is 15.5. The monoisotopic (exact) mass is 602 g/mol. The topological polar surface area (TPSA) is 99.1 Å². The molecule has 9 heteroatoms. The number of rotatable bonds is 14. The summed E-state index contributed by atoms with van der Waals surface area (Å²) in [7, 11) is 0. The molecule has 1 amide bonds. The largest absolute Gasteiger partial charge is 0.459 e. The van der Waals surface area contributed by atoms with E-state index in [0.29, 0.717) is 45.1 Å². The smallest absolute Gasteiger partial charge is 0.290 e. The van der Waals surface area contributed by atoms with Crippen LogP contribution in [0.3, 0.4) is 0 Å². The van der Waals surface area contributed by atoms with Crippen LogP contribution in [0.25, 0.3) is 20.8 Å². The number of hydrogen-bond acceptors (Lipinski definition) is 8. The molecule has 0 bridgehead atoms. The lowest BCUT2D eigenvalue weighted by Crippen LogP contribution is -2.38. The Morgan fingerprint density at radius 3 is 2.51 bits per heavy atom. The molecule has 2 heterocycles. The van der Waals surface area contributed by atoms with Gasteiger partial charge >= 0.3 is 0 Å². The Bertz CT molecular complexity index is 1500. The van der Waals surface area contributed by atoms with Gasteiger partial charge < -0.3 is 29.4 Å². The Morgan fingerprint density at radius 1 is 1.00 bits per heavy atom. The highest BCUT2D eigenvalue weighted by Gasteiger charge is 2.38. The number of aliphatic hydroxyl groups excluding tert-OH is 1. The van der Waals surface area contributed by atoms with Gasteiger partial charge in [0, 0.05) is 36.3 Å². The average Bonchev–Trinajstić information content (AvgIpc) is 3.45. The lowest BCUT2D eigenvalue weighted by Gasteiger charge is -2.37. The highest BCUT2D eigenvalue weighted by Crippen LogP contribution is 2.39. The minimum absolute atomic E-state index is 0.00825. The van der Waals surface area contributed by atoms with E-state index in [1.54, 1.807) is 11.3 Å². The maximum absolute atomic E-state index is 13.5. The van der Waals surface area contributed by atoms with Gasteiger partial charge in [-0.15, -0.1) is 11.3 Å². The van der Waals surface area contributed by atoms with Crippen LogP contribution < -0.4 is 5.32 Å². The van der Waals surface area contributed by atoms with Gasteiger partial charge in [-0.25, -0.2) is 4.98 Å². The lowest BCUT2D eigenvalue weighted by atomic mass is 9.81. The standard InChI is InChI=1S/C34H38N2O6S/c1-3-41-34-27(15-17-39-19-20-40-18-16-37)28(24-7-5-4-6-8-24)22-30(42-34)32(38)35-26-12-10-25(11-13-26)33-36-29-14-9-23(2)21-31(29)43-33/h4-14,21-22,27-28,34,37H,3,15-20H2,1-2H3,(H,35,38)/t27-,28-,34-/m1/s1. The molecule has 0 saturated heterocycles. The normalized spacial score (nSPS) is 18.3. The second-order valence-electron chi connectivity index (χ2n) is 10.3. The van der Waals surface area contributed by atoms with Crippen LogP contribution in [0.2, 0.25) is 0 Å².